The van der Waals surface area contributed by atoms with E-state index in [1.54, 1.807) is 16.9 Å². The Morgan fingerprint density at radius 3 is 3.00 bits per heavy atom. The van der Waals surface area contributed by atoms with E-state index in [2.05, 4.69) is 26.3 Å². The van der Waals surface area contributed by atoms with Gasteiger partial charge < -0.3 is 9.73 Å². The van der Waals surface area contributed by atoms with Gasteiger partial charge in [0.1, 0.15) is 5.76 Å². The highest BCUT2D eigenvalue weighted by atomic mass is 79.9. The van der Waals surface area contributed by atoms with Gasteiger partial charge in [0.05, 0.1) is 17.2 Å². The van der Waals surface area contributed by atoms with Crippen molar-refractivity contribution in [2.24, 2.45) is 5.92 Å². The molecule has 0 aromatic carbocycles. The molecule has 0 unspecified atom stereocenters. The molecule has 0 saturated heterocycles. The van der Waals surface area contributed by atoms with E-state index in [1.165, 1.54) is 19.3 Å². The number of carbonyl (C=O) groups excluding carboxylic acids is 1. The van der Waals surface area contributed by atoms with Crippen LogP contribution in [0.1, 0.15) is 35.6 Å². The Labute approximate surface area is 125 Å². The van der Waals surface area contributed by atoms with E-state index in [0.29, 0.717) is 18.2 Å². The summed E-state index contributed by atoms with van der Waals surface area (Å²) in [6, 6.07) is 3.53. The second kappa shape index (κ2) is 5.83. The molecule has 0 atom stereocenters. The first-order chi connectivity index (χ1) is 9.70. The number of aromatic nitrogens is 2. The predicted octanol–water partition coefficient (Wildman–Crippen LogP) is 2.82. The van der Waals surface area contributed by atoms with E-state index in [-0.39, 0.29) is 5.91 Å². The third-order valence-corrected chi connectivity index (χ3v) is 3.99. The molecule has 1 N–H and O–H groups in total. The number of carbonyl (C=O) groups is 1. The number of nitrogens with zero attached hydrogens (tertiary/aromatic N) is 2. The summed E-state index contributed by atoms with van der Waals surface area (Å²) >= 11 is 3.34. The number of hydrogen-bond donors (Lipinski definition) is 1. The van der Waals surface area contributed by atoms with E-state index in [1.807, 2.05) is 12.3 Å². The molecule has 3 rings (SSSR count). The topological polar surface area (TPSA) is 60.1 Å². The van der Waals surface area contributed by atoms with Crippen LogP contribution < -0.4 is 5.32 Å². The molecule has 0 spiro atoms. The van der Waals surface area contributed by atoms with Crippen molar-refractivity contribution < 1.29 is 9.21 Å². The fourth-order valence-corrected chi connectivity index (χ4v) is 2.52. The van der Waals surface area contributed by atoms with Crippen LogP contribution in [-0.4, -0.2) is 22.2 Å². The minimum Gasteiger partial charge on any atom is -0.454 e. The molecular weight excluding hydrogens is 322 g/mol. The summed E-state index contributed by atoms with van der Waals surface area (Å²) in [6.45, 7) is 1.27. The molecule has 0 bridgehead atoms. The van der Waals surface area contributed by atoms with Crippen molar-refractivity contribution in [1.29, 1.82) is 0 Å². The average molecular weight is 338 g/mol. The highest BCUT2D eigenvalue weighted by molar-refractivity contribution is 9.10. The molecular formula is C14H16BrN3O2. The highest BCUT2D eigenvalue weighted by Crippen LogP contribution is 2.25. The first-order valence-electron chi connectivity index (χ1n) is 6.75. The van der Waals surface area contributed by atoms with E-state index in [4.69, 9.17) is 4.42 Å². The van der Waals surface area contributed by atoms with Gasteiger partial charge in [-0.05, 0) is 46.8 Å². The number of hydrogen-bond acceptors (Lipinski definition) is 3. The fourth-order valence-electron chi connectivity index (χ4n) is 2.19. The molecule has 1 aliphatic rings. The molecule has 1 fully saturated rings. The van der Waals surface area contributed by atoms with Crippen LogP contribution >= 0.6 is 15.9 Å². The van der Waals surface area contributed by atoms with Crippen LogP contribution in [0.15, 0.2) is 33.4 Å². The zero-order valence-electron chi connectivity index (χ0n) is 11.0. The van der Waals surface area contributed by atoms with Crippen molar-refractivity contribution in [3.63, 3.8) is 0 Å². The third kappa shape index (κ3) is 3.12. The molecule has 1 amide bonds. The Bertz CT molecular complexity index is 601. The number of amides is 1. The normalized spacial score (nSPS) is 15.1. The van der Waals surface area contributed by atoms with E-state index in [0.717, 1.165) is 16.8 Å². The van der Waals surface area contributed by atoms with Crippen LogP contribution in [0.5, 0.6) is 0 Å². The zero-order chi connectivity index (χ0) is 13.9. The second-order valence-corrected chi connectivity index (χ2v) is 6.04. The lowest BCUT2D eigenvalue weighted by atomic mass is 9.85. The standard InChI is InChI=1S/C14H16BrN3O2/c15-11-7-17-18(8-11)9-12-4-5-13(20-12)14(19)16-6-10-2-1-3-10/h4-5,7-8,10H,1-3,6,9H2,(H,16,19). The van der Waals surface area contributed by atoms with Gasteiger partial charge in [-0.1, -0.05) is 6.42 Å². The lowest BCUT2D eigenvalue weighted by molar-refractivity contribution is 0.0909. The third-order valence-electron chi connectivity index (χ3n) is 3.58. The van der Waals surface area contributed by atoms with Crippen LogP contribution in [0.2, 0.25) is 0 Å². The van der Waals surface area contributed by atoms with Gasteiger partial charge in [-0.3, -0.25) is 9.48 Å². The first-order valence-corrected chi connectivity index (χ1v) is 7.55. The van der Waals surface area contributed by atoms with E-state index >= 15 is 0 Å². The highest BCUT2D eigenvalue weighted by Gasteiger charge is 2.19. The van der Waals surface area contributed by atoms with E-state index < -0.39 is 0 Å². The van der Waals surface area contributed by atoms with Gasteiger partial charge in [0.15, 0.2) is 5.76 Å². The molecule has 6 heteroatoms. The number of halogens is 1. The van der Waals surface area contributed by atoms with Crippen molar-refractivity contribution >= 4 is 21.8 Å². The molecule has 2 aromatic heterocycles. The van der Waals surface area contributed by atoms with Crippen molar-refractivity contribution in [3.05, 3.63) is 40.5 Å². The van der Waals surface area contributed by atoms with Gasteiger partial charge >= 0.3 is 0 Å². The summed E-state index contributed by atoms with van der Waals surface area (Å²) in [6.07, 6.45) is 7.30. The van der Waals surface area contributed by atoms with Crippen molar-refractivity contribution in [2.75, 3.05) is 6.54 Å². The SMILES string of the molecule is O=C(NCC1CCC1)c1ccc(Cn2cc(Br)cn2)o1. The summed E-state index contributed by atoms with van der Waals surface area (Å²) in [5, 5.41) is 7.07. The largest absolute Gasteiger partial charge is 0.454 e. The maximum absolute atomic E-state index is 11.9. The van der Waals surface area contributed by atoms with Crippen LogP contribution in [0.4, 0.5) is 0 Å². The second-order valence-electron chi connectivity index (χ2n) is 5.13. The molecule has 1 saturated carbocycles. The first kappa shape index (κ1) is 13.4. The lowest BCUT2D eigenvalue weighted by Gasteiger charge is -2.25. The van der Waals surface area contributed by atoms with Crippen LogP contribution in [0.3, 0.4) is 0 Å². The number of furan rings is 1. The number of nitrogens with one attached hydrogen (secondary N) is 1. The Morgan fingerprint density at radius 2 is 2.35 bits per heavy atom. The van der Waals surface area contributed by atoms with Crippen LogP contribution in [-0.2, 0) is 6.54 Å². The molecule has 0 aliphatic heterocycles. The zero-order valence-corrected chi connectivity index (χ0v) is 12.6. The number of rotatable bonds is 5. The van der Waals surface area contributed by atoms with Gasteiger partial charge in [0.2, 0.25) is 0 Å². The maximum atomic E-state index is 11.9. The summed E-state index contributed by atoms with van der Waals surface area (Å²) in [5.74, 6) is 1.60. The van der Waals surface area contributed by atoms with Crippen molar-refractivity contribution in [2.45, 2.75) is 25.8 Å². The summed E-state index contributed by atoms with van der Waals surface area (Å²) < 4.78 is 8.22. The quantitative estimate of drug-likeness (QED) is 0.912. The average Bonchev–Trinajstić information content (AvgIpc) is 2.97. The van der Waals surface area contributed by atoms with Crippen molar-refractivity contribution in [1.82, 2.24) is 15.1 Å². The molecule has 106 valence electrons. The molecule has 5 nitrogen and oxygen atoms in total. The van der Waals surface area contributed by atoms with Gasteiger partial charge in [-0.25, -0.2) is 0 Å². The Morgan fingerprint density at radius 1 is 1.50 bits per heavy atom. The Kier molecular flexibility index (Phi) is 3.91. The van der Waals surface area contributed by atoms with E-state index in [9.17, 15) is 4.79 Å². The van der Waals surface area contributed by atoms with Crippen LogP contribution in [0, 0.1) is 5.92 Å². The minimum atomic E-state index is -0.134. The summed E-state index contributed by atoms with van der Waals surface area (Å²) in [5.41, 5.74) is 0. The van der Waals surface area contributed by atoms with Crippen molar-refractivity contribution in [3.8, 4) is 0 Å². The molecule has 0 radical (unpaired) electrons. The van der Waals surface area contributed by atoms with Gasteiger partial charge in [-0.15, -0.1) is 0 Å². The summed E-state index contributed by atoms with van der Waals surface area (Å²) in [7, 11) is 0. The predicted molar refractivity (Wildman–Crippen MR) is 77.4 cm³/mol. The maximum Gasteiger partial charge on any atom is 0.287 e. The molecule has 1 aliphatic carbocycles. The molecule has 20 heavy (non-hydrogen) atoms. The monoisotopic (exact) mass is 337 g/mol. The smallest absolute Gasteiger partial charge is 0.287 e. The molecule has 2 heterocycles. The lowest BCUT2D eigenvalue weighted by Crippen LogP contribution is -2.31. The van der Waals surface area contributed by atoms with Gasteiger partial charge in [-0.2, -0.15) is 5.10 Å². The van der Waals surface area contributed by atoms with Gasteiger partial charge in [0, 0.05) is 12.7 Å². The fraction of sp³-hybridized carbons (Fsp3) is 0.429. The van der Waals surface area contributed by atoms with Gasteiger partial charge in [0.25, 0.3) is 5.91 Å². The Hall–Kier alpha value is -1.56. The summed E-state index contributed by atoms with van der Waals surface area (Å²) in [4.78, 5) is 11.9. The minimum absolute atomic E-state index is 0.134. The Balaban J connectivity index is 1.56. The molecule has 2 aromatic rings. The van der Waals surface area contributed by atoms with Crippen LogP contribution in [0.25, 0.3) is 0 Å².